The molecule has 1 heteroatoms. The van der Waals surface area contributed by atoms with Crippen LogP contribution in [0.1, 0.15) is 42.9 Å². The van der Waals surface area contributed by atoms with Gasteiger partial charge < -0.3 is 0 Å². The van der Waals surface area contributed by atoms with E-state index in [1.165, 1.54) is 36.6 Å². The van der Waals surface area contributed by atoms with Crippen LogP contribution in [-0.2, 0) is 0 Å². The van der Waals surface area contributed by atoms with Crippen molar-refractivity contribution >= 4 is 10.9 Å². The summed E-state index contributed by atoms with van der Waals surface area (Å²) in [5, 5.41) is 1.36. The summed E-state index contributed by atoms with van der Waals surface area (Å²) in [6.45, 7) is 2.10. The van der Waals surface area contributed by atoms with Gasteiger partial charge in [0.15, 0.2) is 0 Å². The Morgan fingerprint density at radius 3 is 2.69 bits per heavy atom. The van der Waals surface area contributed by atoms with Crippen LogP contribution < -0.4 is 0 Å². The number of hydrogen-bond acceptors (Lipinski definition) is 1. The van der Waals surface area contributed by atoms with Gasteiger partial charge in [-0.3, -0.25) is 4.98 Å². The van der Waals surface area contributed by atoms with Gasteiger partial charge in [0.1, 0.15) is 0 Å². The van der Waals surface area contributed by atoms with Crippen molar-refractivity contribution in [3.05, 3.63) is 41.6 Å². The lowest BCUT2D eigenvalue weighted by Crippen LogP contribution is -1.96. The average Bonchev–Trinajstić information content (AvgIpc) is 2.81. The molecule has 1 fully saturated rings. The molecule has 0 spiro atoms. The summed E-state index contributed by atoms with van der Waals surface area (Å²) in [6, 6.07) is 10.8. The van der Waals surface area contributed by atoms with Gasteiger partial charge in [0.05, 0.1) is 5.52 Å². The Kier molecular flexibility index (Phi) is 2.39. The van der Waals surface area contributed by atoms with Crippen molar-refractivity contribution in [3.8, 4) is 0 Å². The minimum absolute atomic E-state index is 0.770. The summed E-state index contributed by atoms with van der Waals surface area (Å²) in [5.74, 6) is 0.770. The monoisotopic (exact) mass is 211 g/mol. The van der Waals surface area contributed by atoms with Crippen molar-refractivity contribution < 1.29 is 0 Å². The Bertz CT molecular complexity index is 510. The van der Waals surface area contributed by atoms with Crippen molar-refractivity contribution in [2.24, 2.45) is 0 Å². The van der Waals surface area contributed by atoms with Crippen LogP contribution in [0.25, 0.3) is 10.9 Å². The summed E-state index contributed by atoms with van der Waals surface area (Å²) in [6.07, 6.45) is 5.49. The largest absolute Gasteiger partial charge is 0.253 e. The number of benzene rings is 1. The number of rotatable bonds is 1. The van der Waals surface area contributed by atoms with E-state index in [0.29, 0.717) is 0 Å². The maximum atomic E-state index is 4.61. The standard InChI is InChI=1S/C15H17N/c1-11-10-14(12-6-2-3-7-12)13-8-4-5-9-15(13)16-11/h4-5,8-10,12H,2-3,6-7H2,1H3. The van der Waals surface area contributed by atoms with Gasteiger partial charge in [0.25, 0.3) is 0 Å². The Labute approximate surface area is 96.5 Å². The summed E-state index contributed by atoms with van der Waals surface area (Å²) in [5.41, 5.74) is 3.84. The maximum Gasteiger partial charge on any atom is 0.0708 e. The third-order valence-electron chi connectivity index (χ3n) is 3.67. The molecule has 0 atom stereocenters. The van der Waals surface area contributed by atoms with Crippen LogP contribution in [0.5, 0.6) is 0 Å². The molecule has 82 valence electrons. The third kappa shape index (κ3) is 1.60. The first-order chi connectivity index (χ1) is 7.84. The fourth-order valence-electron chi connectivity index (χ4n) is 2.91. The molecule has 0 aliphatic heterocycles. The van der Waals surface area contributed by atoms with E-state index in [-0.39, 0.29) is 0 Å². The molecule has 1 aromatic carbocycles. The second kappa shape index (κ2) is 3.89. The van der Waals surface area contributed by atoms with Crippen molar-refractivity contribution in [3.63, 3.8) is 0 Å². The zero-order valence-corrected chi connectivity index (χ0v) is 9.74. The maximum absolute atomic E-state index is 4.61. The van der Waals surface area contributed by atoms with Gasteiger partial charge in [-0.2, -0.15) is 0 Å². The molecular weight excluding hydrogens is 194 g/mol. The van der Waals surface area contributed by atoms with Crippen LogP contribution in [0.15, 0.2) is 30.3 Å². The molecule has 1 heterocycles. The van der Waals surface area contributed by atoms with Crippen LogP contribution >= 0.6 is 0 Å². The first-order valence-corrected chi connectivity index (χ1v) is 6.21. The fourth-order valence-corrected chi connectivity index (χ4v) is 2.91. The predicted molar refractivity (Wildman–Crippen MR) is 67.7 cm³/mol. The normalized spacial score (nSPS) is 17.1. The van der Waals surface area contributed by atoms with E-state index in [2.05, 4.69) is 42.2 Å². The van der Waals surface area contributed by atoms with Crippen LogP contribution in [-0.4, -0.2) is 4.98 Å². The van der Waals surface area contributed by atoms with E-state index in [1.807, 2.05) is 0 Å². The molecule has 1 nitrogen and oxygen atoms in total. The quantitative estimate of drug-likeness (QED) is 0.689. The Balaban J connectivity index is 2.21. The van der Waals surface area contributed by atoms with E-state index in [0.717, 1.165) is 17.1 Å². The van der Waals surface area contributed by atoms with Gasteiger partial charge in [-0.1, -0.05) is 31.0 Å². The number of para-hydroxylation sites is 1. The molecule has 0 saturated heterocycles. The zero-order valence-electron chi connectivity index (χ0n) is 9.74. The molecule has 1 aliphatic rings. The lowest BCUT2D eigenvalue weighted by Gasteiger charge is -2.13. The minimum Gasteiger partial charge on any atom is -0.253 e. The lowest BCUT2D eigenvalue weighted by atomic mass is 9.93. The van der Waals surface area contributed by atoms with E-state index in [1.54, 1.807) is 0 Å². The number of aryl methyl sites for hydroxylation is 1. The molecule has 0 N–H and O–H groups in total. The second-order valence-electron chi connectivity index (χ2n) is 4.85. The number of pyridine rings is 1. The molecule has 0 radical (unpaired) electrons. The van der Waals surface area contributed by atoms with Crippen LogP contribution in [0.4, 0.5) is 0 Å². The number of hydrogen-bond donors (Lipinski definition) is 0. The van der Waals surface area contributed by atoms with Crippen molar-refractivity contribution in [2.45, 2.75) is 38.5 Å². The number of fused-ring (bicyclic) bond motifs is 1. The molecule has 0 bridgehead atoms. The Hall–Kier alpha value is -1.37. The highest BCUT2D eigenvalue weighted by Gasteiger charge is 2.19. The van der Waals surface area contributed by atoms with Crippen molar-refractivity contribution in [2.75, 3.05) is 0 Å². The predicted octanol–water partition coefficient (Wildman–Crippen LogP) is 4.20. The SMILES string of the molecule is Cc1cc(C2CCCC2)c2ccccc2n1. The molecule has 3 rings (SSSR count). The highest BCUT2D eigenvalue weighted by atomic mass is 14.7. The lowest BCUT2D eigenvalue weighted by molar-refractivity contribution is 0.727. The van der Waals surface area contributed by atoms with E-state index in [9.17, 15) is 0 Å². The van der Waals surface area contributed by atoms with Crippen LogP contribution in [0.3, 0.4) is 0 Å². The highest BCUT2D eigenvalue weighted by Crippen LogP contribution is 2.37. The van der Waals surface area contributed by atoms with Gasteiger partial charge in [-0.25, -0.2) is 0 Å². The zero-order chi connectivity index (χ0) is 11.0. The summed E-state index contributed by atoms with van der Waals surface area (Å²) in [7, 11) is 0. The average molecular weight is 211 g/mol. The molecule has 0 unspecified atom stereocenters. The summed E-state index contributed by atoms with van der Waals surface area (Å²) in [4.78, 5) is 4.61. The molecule has 1 saturated carbocycles. The first-order valence-electron chi connectivity index (χ1n) is 6.21. The molecule has 16 heavy (non-hydrogen) atoms. The third-order valence-corrected chi connectivity index (χ3v) is 3.67. The van der Waals surface area contributed by atoms with Gasteiger partial charge in [-0.15, -0.1) is 0 Å². The Morgan fingerprint density at radius 2 is 1.88 bits per heavy atom. The molecular formula is C15H17N. The second-order valence-corrected chi connectivity index (χ2v) is 4.85. The molecule has 0 amide bonds. The van der Waals surface area contributed by atoms with Crippen molar-refractivity contribution in [1.29, 1.82) is 0 Å². The Morgan fingerprint density at radius 1 is 1.12 bits per heavy atom. The van der Waals surface area contributed by atoms with Gasteiger partial charge in [0.2, 0.25) is 0 Å². The van der Waals surface area contributed by atoms with Crippen LogP contribution in [0, 0.1) is 6.92 Å². The van der Waals surface area contributed by atoms with Gasteiger partial charge in [0, 0.05) is 11.1 Å². The van der Waals surface area contributed by atoms with Gasteiger partial charge >= 0.3 is 0 Å². The first kappa shape index (κ1) is 9.83. The van der Waals surface area contributed by atoms with E-state index < -0.39 is 0 Å². The number of nitrogens with zero attached hydrogens (tertiary/aromatic N) is 1. The van der Waals surface area contributed by atoms with E-state index in [4.69, 9.17) is 0 Å². The van der Waals surface area contributed by atoms with Gasteiger partial charge in [-0.05, 0) is 43.4 Å². The summed E-state index contributed by atoms with van der Waals surface area (Å²) >= 11 is 0. The molecule has 1 aromatic heterocycles. The smallest absolute Gasteiger partial charge is 0.0708 e. The summed E-state index contributed by atoms with van der Waals surface area (Å²) < 4.78 is 0. The fraction of sp³-hybridized carbons (Fsp3) is 0.400. The molecule has 1 aliphatic carbocycles. The molecule has 2 aromatic rings. The topological polar surface area (TPSA) is 12.9 Å². The van der Waals surface area contributed by atoms with Crippen LogP contribution in [0.2, 0.25) is 0 Å². The van der Waals surface area contributed by atoms with Crippen molar-refractivity contribution in [1.82, 2.24) is 4.98 Å². The number of aromatic nitrogens is 1. The minimum atomic E-state index is 0.770. The van der Waals surface area contributed by atoms with E-state index >= 15 is 0 Å². The highest BCUT2D eigenvalue weighted by molar-refractivity contribution is 5.82.